The number of carbonyl (C=O) groups excluding carboxylic acids is 1. The van der Waals surface area contributed by atoms with E-state index in [9.17, 15) is 13.2 Å². The Kier molecular flexibility index (Phi) is 4.55. The van der Waals surface area contributed by atoms with E-state index in [1.54, 1.807) is 0 Å². The highest BCUT2D eigenvalue weighted by Crippen LogP contribution is 2.16. The molecule has 1 fully saturated rings. The topological polar surface area (TPSA) is 75.3 Å². The average Bonchev–Trinajstić information content (AvgIpc) is 2.44. The molecule has 0 spiro atoms. The van der Waals surface area contributed by atoms with Gasteiger partial charge < -0.3 is 10.6 Å². The quantitative estimate of drug-likeness (QED) is 0.754. The molecule has 1 heterocycles. The Morgan fingerprint density at radius 2 is 2.00 bits per heavy atom. The van der Waals surface area contributed by atoms with Crippen LogP contribution >= 0.6 is 0 Å². The van der Waals surface area contributed by atoms with Gasteiger partial charge in [-0.2, -0.15) is 0 Å². The van der Waals surface area contributed by atoms with Gasteiger partial charge in [-0.15, -0.1) is 0 Å². The van der Waals surface area contributed by atoms with E-state index < -0.39 is 20.5 Å². The summed E-state index contributed by atoms with van der Waals surface area (Å²) in [5.41, 5.74) is 0. The van der Waals surface area contributed by atoms with E-state index in [0.717, 1.165) is 32.1 Å². The highest BCUT2D eigenvalue weighted by molar-refractivity contribution is 7.92. The maximum absolute atomic E-state index is 12.0. The van der Waals surface area contributed by atoms with E-state index in [2.05, 4.69) is 10.6 Å². The minimum Gasteiger partial charge on any atom is -0.351 e. The van der Waals surface area contributed by atoms with Gasteiger partial charge in [-0.25, -0.2) is 8.42 Å². The van der Waals surface area contributed by atoms with Crippen LogP contribution in [0.4, 0.5) is 0 Å². The van der Waals surface area contributed by atoms with Crippen LogP contribution in [0.1, 0.15) is 33.1 Å². The zero-order valence-electron chi connectivity index (χ0n) is 10.7. The van der Waals surface area contributed by atoms with Crippen molar-refractivity contribution in [3.8, 4) is 0 Å². The molecule has 0 bridgehead atoms. The molecule has 1 aliphatic rings. The second kappa shape index (κ2) is 5.35. The van der Waals surface area contributed by atoms with E-state index in [1.807, 2.05) is 0 Å². The first-order valence-corrected chi connectivity index (χ1v) is 7.85. The van der Waals surface area contributed by atoms with Crippen molar-refractivity contribution in [1.82, 2.24) is 10.6 Å². The van der Waals surface area contributed by atoms with E-state index in [4.69, 9.17) is 0 Å². The first kappa shape index (κ1) is 14.4. The average molecular weight is 262 g/mol. The zero-order chi connectivity index (χ0) is 13.1. The van der Waals surface area contributed by atoms with Gasteiger partial charge in [-0.3, -0.25) is 4.79 Å². The van der Waals surface area contributed by atoms with Gasteiger partial charge in [-0.05, 0) is 33.2 Å². The lowest BCUT2D eigenvalue weighted by atomic mass is 10.1. The molecule has 0 aromatic carbocycles. The predicted molar refractivity (Wildman–Crippen MR) is 67.6 cm³/mol. The summed E-state index contributed by atoms with van der Waals surface area (Å²) in [5.74, 6) is -0.409. The van der Waals surface area contributed by atoms with Gasteiger partial charge in [0.05, 0.1) is 0 Å². The fourth-order valence-electron chi connectivity index (χ4n) is 1.67. The molecule has 5 nitrogen and oxygen atoms in total. The van der Waals surface area contributed by atoms with Gasteiger partial charge in [0.15, 0.2) is 9.84 Å². The van der Waals surface area contributed by atoms with E-state index in [-0.39, 0.29) is 6.04 Å². The second-order valence-corrected chi connectivity index (χ2v) is 7.72. The molecule has 6 heteroatoms. The molecule has 0 aliphatic carbocycles. The summed E-state index contributed by atoms with van der Waals surface area (Å²) in [7, 11) is -3.39. The number of nitrogens with one attached hydrogen (secondary N) is 2. The summed E-state index contributed by atoms with van der Waals surface area (Å²) in [4.78, 5) is 12.0. The first-order valence-electron chi connectivity index (χ1n) is 5.96. The maximum Gasteiger partial charge on any atom is 0.241 e. The highest BCUT2D eigenvalue weighted by atomic mass is 32.2. The van der Waals surface area contributed by atoms with Crippen molar-refractivity contribution in [2.24, 2.45) is 0 Å². The summed E-state index contributed by atoms with van der Waals surface area (Å²) < 4.78 is 21.7. The molecule has 100 valence electrons. The lowest BCUT2D eigenvalue weighted by Gasteiger charge is -2.25. The number of amides is 1. The smallest absolute Gasteiger partial charge is 0.241 e. The fraction of sp³-hybridized carbons (Fsp3) is 0.909. The van der Waals surface area contributed by atoms with E-state index in [0.29, 0.717) is 6.54 Å². The van der Waals surface area contributed by atoms with Crippen LogP contribution in [0.3, 0.4) is 0 Å². The Morgan fingerprint density at radius 3 is 2.59 bits per heavy atom. The van der Waals surface area contributed by atoms with Gasteiger partial charge in [0, 0.05) is 18.8 Å². The lowest BCUT2D eigenvalue weighted by molar-refractivity contribution is -0.123. The van der Waals surface area contributed by atoms with Crippen LogP contribution in [0.2, 0.25) is 0 Å². The largest absolute Gasteiger partial charge is 0.351 e. The summed E-state index contributed by atoms with van der Waals surface area (Å²) in [6, 6.07) is 0.0334. The van der Waals surface area contributed by atoms with Gasteiger partial charge in [0.2, 0.25) is 5.91 Å². The molecule has 1 aliphatic heterocycles. The molecular formula is C11H22N2O3S. The Morgan fingerprint density at radius 1 is 1.35 bits per heavy atom. The summed E-state index contributed by atoms with van der Waals surface area (Å²) in [5, 5.41) is 6.05. The molecule has 1 atom stereocenters. The molecule has 1 rings (SSSR count). The van der Waals surface area contributed by atoms with Crippen LogP contribution in [-0.2, 0) is 14.6 Å². The highest BCUT2D eigenvalue weighted by Gasteiger charge is 2.39. The number of carbonyl (C=O) groups is 1. The standard InChI is InChI=1S/C11H22N2O3S/c1-11(2,17(3,15)16)10(14)13-9-6-4-5-7-12-8-9/h9,12H,4-8H2,1-3H3,(H,13,14). The van der Waals surface area contributed by atoms with Crippen LogP contribution < -0.4 is 10.6 Å². The van der Waals surface area contributed by atoms with Gasteiger partial charge in [0.25, 0.3) is 0 Å². The maximum atomic E-state index is 12.0. The summed E-state index contributed by atoms with van der Waals surface area (Å²) in [6.45, 7) is 4.57. The SMILES string of the molecule is CC(C)(C(=O)NC1CCCCNC1)S(C)(=O)=O. The van der Waals surface area contributed by atoms with Crippen molar-refractivity contribution in [3.63, 3.8) is 0 Å². The number of hydrogen-bond acceptors (Lipinski definition) is 4. The minimum absolute atomic E-state index is 0.0334. The van der Waals surface area contributed by atoms with Gasteiger partial charge in [0.1, 0.15) is 4.75 Å². The Bertz CT molecular complexity index is 368. The Labute approximate surface area is 103 Å². The van der Waals surface area contributed by atoms with Gasteiger partial charge in [-0.1, -0.05) is 6.42 Å². The predicted octanol–water partition coefficient (Wildman–Crippen LogP) is 0.0679. The van der Waals surface area contributed by atoms with Crippen molar-refractivity contribution >= 4 is 15.7 Å². The third kappa shape index (κ3) is 3.67. The van der Waals surface area contributed by atoms with Crippen LogP contribution in [-0.4, -0.2) is 44.5 Å². The number of hydrogen-bond donors (Lipinski definition) is 2. The van der Waals surface area contributed by atoms with Crippen LogP contribution in [0.25, 0.3) is 0 Å². The molecule has 17 heavy (non-hydrogen) atoms. The molecule has 1 saturated heterocycles. The Balaban J connectivity index is 2.65. The fourth-order valence-corrected chi connectivity index (χ4v) is 2.07. The Hall–Kier alpha value is -0.620. The summed E-state index contributed by atoms with van der Waals surface area (Å²) in [6.07, 6.45) is 4.15. The minimum atomic E-state index is -3.39. The molecular weight excluding hydrogens is 240 g/mol. The third-order valence-corrected chi connectivity index (χ3v) is 5.40. The molecule has 0 aromatic rings. The van der Waals surface area contributed by atoms with Crippen molar-refractivity contribution in [3.05, 3.63) is 0 Å². The van der Waals surface area contributed by atoms with Crippen molar-refractivity contribution < 1.29 is 13.2 Å². The third-order valence-electron chi connectivity index (χ3n) is 3.36. The molecule has 1 amide bonds. The van der Waals surface area contributed by atoms with E-state index in [1.165, 1.54) is 13.8 Å². The normalized spacial score (nSPS) is 22.9. The van der Waals surface area contributed by atoms with E-state index >= 15 is 0 Å². The monoisotopic (exact) mass is 262 g/mol. The van der Waals surface area contributed by atoms with Gasteiger partial charge >= 0.3 is 0 Å². The molecule has 1 unspecified atom stereocenters. The first-order chi connectivity index (χ1) is 7.75. The number of sulfone groups is 1. The molecule has 0 aromatic heterocycles. The zero-order valence-corrected chi connectivity index (χ0v) is 11.6. The van der Waals surface area contributed by atoms with Crippen molar-refractivity contribution in [2.45, 2.75) is 43.9 Å². The lowest BCUT2D eigenvalue weighted by Crippen LogP contribution is -2.52. The van der Waals surface area contributed by atoms with Crippen LogP contribution in [0.5, 0.6) is 0 Å². The number of rotatable bonds is 3. The van der Waals surface area contributed by atoms with Crippen LogP contribution in [0, 0.1) is 0 Å². The van der Waals surface area contributed by atoms with Crippen molar-refractivity contribution in [2.75, 3.05) is 19.3 Å². The second-order valence-electron chi connectivity index (χ2n) is 5.15. The summed E-state index contributed by atoms with van der Waals surface area (Å²) >= 11 is 0. The van der Waals surface area contributed by atoms with Crippen LogP contribution in [0.15, 0.2) is 0 Å². The molecule has 2 N–H and O–H groups in total. The molecule has 0 radical (unpaired) electrons. The molecule has 0 saturated carbocycles. The van der Waals surface area contributed by atoms with Crippen molar-refractivity contribution in [1.29, 1.82) is 0 Å².